The molecule has 3 rings (SSSR count). The van der Waals surface area contributed by atoms with E-state index in [9.17, 15) is 4.39 Å². The number of thioether (sulfide) groups is 1. The Morgan fingerprint density at radius 3 is 2.52 bits per heavy atom. The quantitative estimate of drug-likeness (QED) is 0.526. The summed E-state index contributed by atoms with van der Waals surface area (Å²) in [5.74, 6) is -0.241. The van der Waals surface area contributed by atoms with Crippen molar-refractivity contribution in [3.63, 3.8) is 0 Å². The predicted octanol–water partition coefficient (Wildman–Crippen LogP) is 5.86. The highest BCUT2D eigenvalue weighted by Gasteiger charge is 2.15. The number of hydrogen-bond acceptors (Lipinski definition) is 2. The first-order valence-corrected chi connectivity index (χ1v) is 8.58. The van der Waals surface area contributed by atoms with E-state index < -0.39 is 0 Å². The fourth-order valence-corrected chi connectivity index (χ4v) is 3.75. The molecule has 23 heavy (non-hydrogen) atoms. The second-order valence-corrected chi connectivity index (χ2v) is 7.08. The molecule has 1 heterocycles. The van der Waals surface area contributed by atoms with Crippen molar-refractivity contribution in [3.8, 4) is 0 Å². The molecule has 1 aromatic heterocycles. The van der Waals surface area contributed by atoms with Gasteiger partial charge in [0.2, 0.25) is 0 Å². The molecule has 3 aromatic rings. The number of nitrogens with zero attached hydrogens (tertiary/aromatic N) is 2. The highest BCUT2D eigenvalue weighted by molar-refractivity contribution is 7.99. The topological polar surface area (TPSA) is 17.8 Å². The van der Waals surface area contributed by atoms with Crippen LogP contribution >= 0.6 is 35.0 Å². The lowest BCUT2D eigenvalue weighted by atomic mass is 10.1. The number of hydrogen-bond donors (Lipinski definition) is 0. The third-order valence-corrected chi connectivity index (χ3v) is 5.32. The van der Waals surface area contributed by atoms with Crippen LogP contribution < -0.4 is 0 Å². The Hall–Kier alpha value is -1.49. The van der Waals surface area contributed by atoms with Crippen LogP contribution in [0, 0.1) is 5.82 Å². The van der Waals surface area contributed by atoms with Crippen molar-refractivity contribution in [2.75, 3.05) is 0 Å². The van der Waals surface area contributed by atoms with Crippen LogP contribution in [0.1, 0.15) is 10.8 Å². The molecule has 0 N–H and O–H groups in total. The van der Waals surface area contributed by atoms with Crippen LogP contribution in [0.25, 0.3) is 0 Å². The van der Waals surface area contributed by atoms with Gasteiger partial charge in [0.1, 0.15) is 5.82 Å². The van der Waals surface area contributed by atoms with Crippen molar-refractivity contribution in [1.29, 1.82) is 0 Å². The van der Waals surface area contributed by atoms with Crippen molar-refractivity contribution in [3.05, 3.63) is 82.6 Å². The van der Waals surface area contributed by atoms with Gasteiger partial charge in [-0.2, -0.15) is 0 Å². The van der Waals surface area contributed by atoms with E-state index in [4.69, 9.17) is 23.2 Å². The lowest BCUT2D eigenvalue weighted by Crippen LogP contribution is -2.05. The van der Waals surface area contributed by atoms with Gasteiger partial charge in [0, 0.05) is 23.8 Å². The molecular weight excluding hydrogens is 354 g/mol. The molecule has 0 aliphatic heterocycles. The summed E-state index contributed by atoms with van der Waals surface area (Å²) in [5.41, 5.74) is 1.04. The molecule has 0 bridgehead atoms. The Labute approximate surface area is 148 Å². The molecule has 0 amide bonds. The smallest absolute Gasteiger partial charge is 0.123 e. The van der Waals surface area contributed by atoms with Crippen molar-refractivity contribution < 1.29 is 4.39 Å². The van der Waals surface area contributed by atoms with Crippen molar-refractivity contribution in [1.82, 2.24) is 9.55 Å². The largest absolute Gasteiger partial charge is 0.336 e. The van der Waals surface area contributed by atoms with Crippen LogP contribution in [0.5, 0.6) is 0 Å². The lowest BCUT2D eigenvalue weighted by molar-refractivity contribution is 0.625. The van der Waals surface area contributed by atoms with Crippen LogP contribution in [0.2, 0.25) is 10.0 Å². The molecule has 0 aliphatic carbocycles. The van der Waals surface area contributed by atoms with Gasteiger partial charge in [-0.1, -0.05) is 35.3 Å². The molecule has 6 heteroatoms. The monoisotopic (exact) mass is 366 g/mol. The molecule has 1 atom stereocenters. The highest BCUT2D eigenvalue weighted by atomic mass is 35.5. The number of benzene rings is 2. The summed E-state index contributed by atoms with van der Waals surface area (Å²) in [6.07, 6.45) is 5.42. The van der Waals surface area contributed by atoms with Gasteiger partial charge in [-0.05, 0) is 35.9 Å². The van der Waals surface area contributed by atoms with E-state index in [0.29, 0.717) is 10.0 Å². The molecule has 0 radical (unpaired) electrons. The van der Waals surface area contributed by atoms with Crippen molar-refractivity contribution in [2.45, 2.75) is 16.7 Å². The zero-order valence-electron chi connectivity index (χ0n) is 12.0. The fourth-order valence-electron chi connectivity index (χ4n) is 2.19. The van der Waals surface area contributed by atoms with Gasteiger partial charge in [-0.25, -0.2) is 9.37 Å². The minimum absolute atomic E-state index is 0.0991. The molecule has 118 valence electrons. The molecule has 0 saturated carbocycles. The van der Waals surface area contributed by atoms with Gasteiger partial charge in [0.15, 0.2) is 0 Å². The normalized spacial score (nSPS) is 12.3. The third-order valence-electron chi connectivity index (χ3n) is 3.35. The first kappa shape index (κ1) is 16.4. The van der Waals surface area contributed by atoms with Crippen LogP contribution in [0.4, 0.5) is 4.39 Å². The predicted molar refractivity (Wildman–Crippen MR) is 93.7 cm³/mol. The average molecular weight is 367 g/mol. The maximum absolute atomic E-state index is 13.2. The molecule has 0 aliphatic rings. The minimum Gasteiger partial charge on any atom is -0.336 e. The van der Waals surface area contributed by atoms with E-state index in [2.05, 4.69) is 4.98 Å². The van der Waals surface area contributed by atoms with E-state index >= 15 is 0 Å². The summed E-state index contributed by atoms with van der Waals surface area (Å²) in [7, 11) is 0. The lowest BCUT2D eigenvalue weighted by Gasteiger charge is -2.18. The van der Waals surface area contributed by atoms with Crippen LogP contribution in [0.15, 0.2) is 66.1 Å². The Morgan fingerprint density at radius 2 is 1.87 bits per heavy atom. The standard InChI is InChI=1S/C17H13Cl2FN2S/c18-15-6-5-14(9-16(15)19)23-17(10-22-8-7-21-11-22)12-1-3-13(20)4-2-12/h1-9,11,17H,10H2. The Balaban J connectivity index is 1.87. The molecule has 0 fully saturated rings. The molecule has 1 unspecified atom stereocenters. The maximum atomic E-state index is 13.2. The summed E-state index contributed by atoms with van der Waals surface area (Å²) in [4.78, 5) is 5.08. The van der Waals surface area contributed by atoms with Gasteiger partial charge in [0.25, 0.3) is 0 Å². The highest BCUT2D eigenvalue weighted by Crippen LogP contribution is 2.38. The summed E-state index contributed by atoms with van der Waals surface area (Å²) >= 11 is 13.7. The van der Waals surface area contributed by atoms with Crippen LogP contribution in [-0.4, -0.2) is 9.55 Å². The fraction of sp³-hybridized carbons (Fsp3) is 0.118. The van der Waals surface area contributed by atoms with Crippen molar-refractivity contribution in [2.24, 2.45) is 0 Å². The third kappa shape index (κ3) is 4.28. The zero-order valence-corrected chi connectivity index (χ0v) is 14.3. The number of rotatable bonds is 5. The van der Waals surface area contributed by atoms with Gasteiger partial charge in [0.05, 0.1) is 21.6 Å². The molecule has 0 saturated heterocycles. The van der Waals surface area contributed by atoms with E-state index in [1.165, 1.54) is 12.1 Å². The van der Waals surface area contributed by atoms with Gasteiger partial charge in [-0.3, -0.25) is 0 Å². The number of imidazole rings is 1. The maximum Gasteiger partial charge on any atom is 0.123 e. The number of halogens is 3. The summed E-state index contributed by atoms with van der Waals surface area (Å²) < 4.78 is 15.2. The summed E-state index contributed by atoms with van der Waals surface area (Å²) in [6, 6.07) is 12.1. The minimum atomic E-state index is -0.241. The summed E-state index contributed by atoms with van der Waals surface area (Å²) in [6.45, 7) is 0.719. The van der Waals surface area contributed by atoms with E-state index in [1.807, 2.05) is 22.9 Å². The SMILES string of the molecule is Fc1ccc(C(Cn2ccnc2)Sc2ccc(Cl)c(Cl)c2)cc1. The van der Waals surface area contributed by atoms with E-state index in [0.717, 1.165) is 17.0 Å². The average Bonchev–Trinajstić information content (AvgIpc) is 3.04. The zero-order chi connectivity index (χ0) is 16.2. The Bertz CT molecular complexity index is 776. The molecule has 2 nitrogen and oxygen atoms in total. The van der Waals surface area contributed by atoms with Crippen LogP contribution in [0.3, 0.4) is 0 Å². The molecule has 0 spiro atoms. The second-order valence-electron chi connectivity index (χ2n) is 4.99. The first-order valence-electron chi connectivity index (χ1n) is 6.95. The summed E-state index contributed by atoms with van der Waals surface area (Å²) in [5, 5.41) is 1.16. The van der Waals surface area contributed by atoms with Gasteiger partial charge < -0.3 is 4.57 Å². The number of aromatic nitrogens is 2. The Morgan fingerprint density at radius 1 is 1.09 bits per heavy atom. The first-order chi connectivity index (χ1) is 11.1. The van der Waals surface area contributed by atoms with Gasteiger partial charge in [-0.15, -0.1) is 11.8 Å². The van der Waals surface area contributed by atoms with Crippen molar-refractivity contribution >= 4 is 35.0 Å². The Kier molecular flexibility index (Phi) is 5.26. The van der Waals surface area contributed by atoms with Crippen LogP contribution in [-0.2, 0) is 6.54 Å². The molecule has 2 aromatic carbocycles. The van der Waals surface area contributed by atoms with E-state index in [1.54, 1.807) is 42.5 Å². The second kappa shape index (κ2) is 7.39. The van der Waals surface area contributed by atoms with E-state index in [-0.39, 0.29) is 11.1 Å². The molecular formula is C17H13Cl2FN2S. The van der Waals surface area contributed by atoms with Gasteiger partial charge >= 0.3 is 0 Å².